The summed E-state index contributed by atoms with van der Waals surface area (Å²) in [5, 5.41) is 5.41. The van der Waals surface area contributed by atoms with Gasteiger partial charge in [0.25, 0.3) is 0 Å². The highest BCUT2D eigenvalue weighted by molar-refractivity contribution is 8.14. The first kappa shape index (κ1) is 21.3. The van der Waals surface area contributed by atoms with Crippen molar-refractivity contribution in [2.45, 2.75) is 20.4 Å². The zero-order chi connectivity index (χ0) is 20.5. The standard InChI is InChI=1S/C22H21N5O2S.ClH/c1-14-9-17(15(2)27(14)21-5-3-4-8-23-21)18-12-30-22(26-25-18)24-11-16-6-7-19-20(10-16)29-13-28-19;/h3-10H,11-13H2,1-2H3,(H,24,26);1H. The molecule has 7 nitrogen and oxygen atoms in total. The molecular weight excluding hydrogens is 434 g/mol. The van der Waals surface area contributed by atoms with Crippen molar-refractivity contribution in [3.8, 4) is 17.3 Å². The van der Waals surface area contributed by atoms with Gasteiger partial charge in [0.15, 0.2) is 16.7 Å². The molecule has 0 saturated heterocycles. The van der Waals surface area contributed by atoms with E-state index in [-0.39, 0.29) is 19.2 Å². The molecule has 0 saturated carbocycles. The summed E-state index contributed by atoms with van der Waals surface area (Å²) in [5.74, 6) is 3.25. The zero-order valence-electron chi connectivity index (χ0n) is 17.2. The van der Waals surface area contributed by atoms with E-state index in [4.69, 9.17) is 9.47 Å². The van der Waals surface area contributed by atoms with Gasteiger partial charge in [-0.15, -0.1) is 12.4 Å². The van der Waals surface area contributed by atoms with Gasteiger partial charge in [0, 0.05) is 28.9 Å². The fourth-order valence-electron chi connectivity index (χ4n) is 3.63. The summed E-state index contributed by atoms with van der Waals surface area (Å²) < 4.78 is 12.9. The molecule has 0 aliphatic carbocycles. The van der Waals surface area contributed by atoms with Gasteiger partial charge < -0.3 is 14.0 Å². The third kappa shape index (κ3) is 4.26. The van der Waals surface area contributed by atoms with Crippen LogP contribution in [0.15, 0.2) is 58.8 Å². The minimum absolute atomic E-state index is 0. The van der Waals surface area contributed by atoms with Crippen molar-refractivity contribution in [2.75, 3.05) is 12.5 Å². The number of hydrogen-bond donors (Lipinski definition) is 1. The van der Waals surface area contributed by atoms with Crippen LogP contribution >= 0.6 is 24.2 Å². The lowest BCUT2D eigenvalue weighted by Gasteiger charge is -2.15. The second kappa shape index (κ2) is 9.03. The molecule has 2 aliphatic heterocycles. The van der Waals surface area contributed by atoms with Crippen LogP contribution in [0, 0.1) is 13.8 Å². The monoisotopic (exact) mass is 455 g/mol. The van der Waals surface area contributed by atoms with Crippen LogP contribution in [0.4, 0.5) is 0 Å². The maximum atomic E-state index is 5.43. The van der Waals surface area contributed by atoms with Crippen LogP contribution in [0.2, 0.25) is 0 Å². The van der Waals surface area contributed by atoms with E-state index < -0.39 is 0 Å². The van der Waals surface area contributed by atoms with Crippen molar-refractivity contribution < 1.29 is 9.47 Å². The van der Waals surface area contributed by atoms with Crippen molar-refractivity contribution in [3.05, 3.63) is 71.2 Å². The van der Waals surface area contributed by atoms with E-state index in [1.165, 1.54) is 0 Å². The summed E-state index contributed by atoms with van der Waals surface area (Å²) >= 11 is 1.66. The molecular formula is C22H22ClN5O2S. The van der Waals surface area contributed by atoms with Gasteiger partial charge in [0.2, 0.25) is 6.79 Å². The number of amidine groups is 1. The molecule has 2 aliphatic rings. The molecule has 0 bridgehead atoms. The fourth-order valence-corrected chi connectivity index (χ4v) is 4.39. The fraction of sp³-hybridized carbons (Fsp3) is 0.227. The van der Waals surface area contributed by atoms with Gasteiger partial charge in [-0.2, -0.15) is 5.10 Å². The Bertz CT molecular complexity index is 1160. The number of aryl methyl sites for hydroxylation is 1. The Hall–Kier alpha value is -2.97. The van der Waals surface area contributed by atoms with Crippen LogP contribution in [0.5, 0.6) is 11.5 Å². The normalized spacial score (nSPS) is 15.9. The predicted molar refractivity (Wildman–Crippen MR) is 126 cm³/mol. The number of aromatic nitrogens is 2. The molecule has 5 rings (SSSR count). The molecule has 0 unspecified atom stereocenters. The lowest BCUT2D eigenvalue weighted by Crippen LogP contribution is -2.25. The van der Waals surface area contributed by atoms with E-state index in [1.54, 1.807) is 11.8 Å². The molecule has 2 aromatic heterocycles. The molecule has 1 aromatic carbocycles. The van der Waals surface area contributed by atoms with Crippen molar-refractivity contribution in [1.82, 2.24) is 15.0 Å². The first-order valence-electron chi connectivity index (χ1n) is 9.68. The molecule has 4 heterocycles. The smallest absolute Gasteiger partial charge is 0.231 e. The number of aliphatic imine (C=N–C) groups is 1. The average molecular weight is 456 g/mol. The highest BCUT2D eigenvalue weighted by atomic mass is 35.5. The number of fused-ring (bicyclic) bond motifs is 1. The van der Waals surface area contributed by atoms with E-state index in [1.807, 2.05) is 42.6 Å². The molecule has 0 spiro atoms. The Morgan fingerprint density at radius 3 is 2.77 bits per heavy atom. The van der Waals surface area contributed by atoms with Gasteiger partial charge in [-0.25, -0.2) is 4.98 Å². The van der Waals surface area contributed by atoms with Gasteiger partial charge in [0.1, 0.15) is 5.82 Å². The van der Waals surface area contributed by atoms with Crippen LogP contribution in [0.3, 0.4) is 0 Å². The molecule has 31 heavy (non-hydrogen) atoms. The maximum Gasteiger partial charge on any atom is 0.231 e. The number of thioether (sulfide) groups is 1. The second-order valence-electron chi connectivity index (χ2n) is 7.08. The molecule has 9 heteroatoms. The molecule has 3 aromatic rings. The minimum atomic E-state index is 0. The molecule has 0 amide bonds. The molecule has 160 valence electrons. The van der Waals surface area contributed by atoms with Gasteiger partial charge in [0.05, 0.1) is 12.3 Å². The minimum Gasteiger partial charge on any atom is -0.454 e. The van der Waals surface area contributed by atoms with E-state index in [2.05, 4.69) is 45.0 Å². The summed E-state index contributed by atoms with van der Waals surface area (Å²) in [6.45, 7) is 5.04. The Labute approximate surface area is 191 Å². The molecule has 0 atom stereocenters. The largest absolute Gasteiger partial charge is 0.454 e. The molecule has 1 N–H and O–H groups in total. The van der Waals surface area contributed by atoms with Crippen LogP contribution in [-0.4, -0.2) is 33.0 Å². The summed E-state index contributed by atoms with van der Waals surface area (Å²) in [6, 6.07) is 14.0. The van der Waals surface area contributed by atoms with Gasteiger partial charge in [-0.3, -0.25) is 10.4 Å². The Morgan fingerprint density at radius 2 is 2.00 bits per heavy atom. The van der Waals surface area contributed by atoms with Gasteiger partial charge in [-0.05, 0) is 49.7 Å². The number of pyridine rings is 1. The van der Waals surface area contributed by atoms with E-state index in [0.717, 1.165) is 56.5 Å². The SMILES string of the molecule is Cc1cc(C2=NNC(=NCc3ccc4c(c3)OCO4)SC2)c(C)n1-c1ccccn1.Cl. The highest BCUT2D eigenvalue weighted by Gasteiger charge is 2.19. The van der Waals surface area contributed by atoms with E-state index >= 15 is 0 Å². The Morgan fingerprint density at radius 1 is 1.13 bits per heavy atom. The highest BCUT2D eigenvalue weighted by Crippen LogP contribution is 2.32. The molecule has 0 fully saturated rings. The number of halogens is 1. The third-order valence-corrected chi connectivity index (χ3v) is 6.01. The number of nitrogens with one attached hydrogen (secondary N) is 1. The summed E-state index contributed by atoms with van der Waals surface area (Å²) in [6.07, 6.45) is 1.81. The maximum absolute atomic E-state index is 5.43. The first-order chi connectivity index (χ1) is 14.7. The van der Waals surface area contributed by atoms with Crippen molar-refractivity contribution in [2.24, 2.45) is 10.1 Å². The van der Waals surface area contributed by atoms with E-state index in [0.29, 0.717) is 6.54 Å². The topological polar surface area (TPSA) is 73.0 Å². The van der Waals surface area contributed by atoms with E-state index in [9.17, 15) is 0 Å². The van der Waals surface area contributed by atoms with Crippen molar-refractivity contribution in [1.29, 1.82) is 0 Å². The van der Waals surface area contributed by atoms with Crippen molar-refractivity contribution >= 4 is 35.0 Å². The molecule has 0 radical (unpaired) electrons. The Kier molecular flexibility index (Phi) is 6.20. The number of hydrazone groups is 1. The predicted octanol–water partition coefficient (Wildman–Crippen LogP) is 4.24. The van der Waals surface area contributed by atoms with Crippen LogP contribution < -0.4 is 14.9 Å². The zero-order valence-corrected chi connectivity index (χ0v) is 18.8. The number of ether oxygens (including phenoxy) is 2. The quantitative estimate of drug-likeness (QED) is 0.637. The summed E-state index contributed by atoms with van der Waals surface area (Å²) in [5.41, 5.74) is 8.59. The van der Waals surface area contributed by atoms with Gasteiger partial charge >= 0.3 is 0 Å². The lowest BCUT2D eigenvalue weighted by atomic mass is 10.1. The lowest BCUT2D eigenvalue weighted by molar-refractivity contribution is 0.174. The first-order valence-corrected chi connectivity index (χ1v) is 10.7. The number of rotatable bonds is 4. The van der Waals surface area contributed by atoms with Crippen molar-refractivity contribution in [3.63, 3.8) is 0 Å². The summed E-state index contributed by atoms with van der Waals surface area (Å²) in [7, 11) is 0. The number of nitrogens with zero attached hydrogens (tertiary/aromatic N) is 4. The van der Waals surface area contributed by atoms with Crippen LogP contribution in [-0.2, 0) is 6.54 Å². The van der Waals surface area contributed by atoms with Gasteiger partial charge in [-0.1, -0.05) is 23.9 Å². The number of hydrogen-bond acceptors (Lipinski definition) is 6. The third-order valence-electron chi connectivity index (χ3n) is 5.09. The van der Waals surface area contributed by atoms with Crippen LogP contribution in [0.1, 0.15) is 22.5 Å². The summed E-state index contributed by atoms with van der Waals surface area (Å²) in [4.78, 5) is 9.13. The second-order valence-corrected chi connectivity index (χ2v) is 8.04. The number of benzene rings is 1. The Balaban J connectivity index is 0.00000231. The van der Waals surface area contributed by atoms with Crippen LogP contribution in [0.25, 0.3) is 5.82 Å². The average Bonchev–Trinajstić information content (AvgIpc) is 3.36.